The number of aromatic amines is 1. The molecule has 3 rings (SSSR count). The van der Waals surface area contributed by atoms with Crippen molar-refractivity contribution in [2.75, 3.05) is 6.61 Å². The molecule has 3 aromatic rings. The molecule has 2 aromatic carbocycles. The first-order valence-corrected chi connectivity index (χ1v) is 9.49. The lowest BCUT2D eigenvalue weighted by atomic mass is 10.0. The van der Waals surface area contributed by atoms with E-state index in [4.69, 9.17) is 4.74 Å². The molecule has 0 saturated carbocycles. The van der Waals surface area contributed by atoms with Crippen LogP contribution in [0.2, 0.25) is 0 Å². The Balaban J connectivity index is 1.72. The number of hydrogen-bond donors (Lipinski definition) is 4. The SMILES string of the molecule is O=C[C@H](CO)NC(=O)[C@H](Cc1c[nH]c2ccccc12)NC(=O)OCc1ccccc1. The lowest BCUT2D eigenvalue weighted by molar-refractivity contribution is -0.126. The van der Waals surface area contributed by atoms with Crippen LogP contribution in [-0.2, 0) is 27.4 Å². The van der Waals surface area contributed by atoms with Gasteiger partial charge in [-0.3, -0.25) is 4.79 Å². The Kier molecular flexibility index (Phi) is 7.18. The molecule has 2 amide bonds. The van der Waals surface area contributed by atoms with Crippen LogP contribution in [0.1, 0.15) is 11.1 Å². The second kappa shape index (κ2) is 10.2. The van der Waals surface area contributed by atoms with Gasteiger partial charge in [0, 0.05) is 23.5 Å². The van der Waals surface area contributed by atoms with Crippen LogP contribution in [0.3, 0.4) is 0 Å². The quantitative estimate of drug-likeness (QED) is 0.401. The van der Waals surface area contributed by atoms with E-state index in [9.17, 15) is 19.5 Å². The summed E-state index contributed by atoms with van der Waals surface area (Å²) in [6, 6.07) is 14.7. The number of carbonyl (C=O) groups is 3. The molecule has 30 heavy (non-hydrogen) atoms. The highest BCUT2D eigenvalue weighted by Crippen LogP contribution is 2.19. The number of amides is 2. The molecule has 1 aromatic heterocycles. The zero-order valence-electron chi connectivity index (χ0n) is 16.2. The first kappa shape index (κ1) is 21.1. The van der Waals surface area contributed by atoms with Crippen molar-refractivity contribution in [2.24, 2.45) is 0 Å². The number of aldehydes is 1. The van der Waals surface area contributed by atoms with E-state index in [1.54, 1.807) is 6.20 Å². The van der Waals surface area contributed by atoms with Crippen LogP contribution in [0.15, 0.2) is 60.8 Å². The van der Waals surface area contributed by atoms with Crippen molar-refractivity contribution in [3.8, 4) is 0 Å². The summed E-state index contributed by atoms with van der Waals surface area (Å²) >= 11 is 0. The summed E-state index contributed by atoms with van der Waals surface area (Å²) in [5.74, 6) is -0.594. The summed E-state index contributed by atoms with van der Waals surface area (Å²) in [7, 11) is 0. The molecule has 2 atom stereocenters. The van der Waals surface area contributed by atoms with Gasteiger partial charge in [-0.2, -0.15) is 0 Å². The van der Waals surface area contributed by atoms with E-state index in [0.29, 0.717) is 6.29 Å². The van der Waals surface area contributed by atoms with E-state index in [-0.39, 0.29) is 13.0 Å². The van der Waals surface area contributed by atoms with Gasteiger partial charge in [-0.1, -0.05) is 48.5 Å². The second-order valence-electron chi connectivity index (χ2n) is 6.76. The van der Waals surface area contributed by atoms with Crippen LogP contribution in [0.5, 0.6) is 0 Å². The van der Waals surface area contributed by atoms with E-state index in [0.717, 1.165) is 22.0 Å². The number of aromatic nitrogens is 1. The van der Waals surface area contributed by atoms with Crippen LogP contribution in [0, 0.1) is 0 Å². The molecular formula is C22H23N3O5. The monoisotopic (exact) mass is 409 g/mol. The molecule has 4 N–H and O–H groups in total. The first-order valence-electron chi connectivity index (χ1n) is 9.49. The van der Waals surface area contributed by atoms with E-state index < -0.39 is 30.7 Å². The predicted molar refractivity (Wildman–Crippen MR) is 111 cm³/mol. The number of aliphatic hydroxyl groups is 1. The van der Waals surface area contributed by atoms with Gasteiger partial charge in [0.25, 0.3) is 0 Å². The fourth-order valence-electron chi connectivity index (χ4n) is 3.04. The van der Waals surface area contributed by atoms with E-state index >= 15 is 0 Å². The zero-order chi connectivity index (χ0) is 21.3. The van der Waals surface area contributed by atoms with Gasteiger partial charge in [-0.15, -0.1) is 0 Å². The average Bonchev–Trinajstić information content (AvgIpc) is 3.19. The Labute approximate surface area is 173 Å². The summed E-state index contributed by atoms with van der Waals surface area (Å²) in [4.78, 5) is 39.1. The van der Waals surface area contributed by atoms with Crippen LogP contribution in [0.4, 0.5) is 4.79 Å². The van der Waals surface area contributed by atoms with Gasteiger partial charge in [-0.25, -0.2) is 4.79 Å². The smallest absolute Gasteiger partial charge is 0.408 e. The molecule has 0 saturated heterocycles. The Morgan fingerprint density at radius 1 is 1.07 bits per heavy atom. The molecule has 0 fully saturated rings. The highest BCUT2D eigenvalue weighted by Gasteiger charge is 2.25. The summed E-state index contributed by atoms with van der Waals surface area (Å²) in [5, 5.41) is 15.1. The zero-order valence-corrected chi connectivity index (χ0v) is 16.2. The van der Waals surface area contributed by atoms with Crippen molar-refractivity contribution in [2.45, 2.75) is 25.1 Å². The van der Waals surface area contributed by atoms with Gasteiger partial charge in [0.2, 0.25) is 5.91 Å². The predicted octanol–water partition coefficient (Wildman–Crippen LogP) is 1.68. The summed E-state index contributed by atoms with van der Waals surface area (Å²) < 4.78 is 5.22. The normalized spacial score (nSPS) is 12.7. The molecule has 0 radical (unpaired) electrons. The molecule has 1 heterocycles. The second-order valence-corrected chi connectivity index (χ2v) is 6.76. The number of H-pyrrole nitrogens is 1. The van der Waals surface area contributed by atoms with Crippen molar-refractivity contribution in [1.29, 1.82) is 0 Å². The number of ether oxygens (including phenoxy) is 1. The number of nitrogens with one attached hydrogen (secondary N) is 3. The molecule has 0 aliphatic heterocycles. The van der Waals surface area contributed by atoms with Gasteiger partial charge in [0.15, 0.2) is 0 Å². The molecular weight excluding hydrogens is 386 g/mol. The lowest BCUT2D eigenvalue weighted by Crippen LogP contribution is -2.52. The fraction of sp³-hybridized carbons (Fsp3) is 0.227. The standard InChI is InChI=1S/C22H23N3O5/c26-12-17(13-27)24-21(28)20(10-16-11-23-19-9-5-4-8-18(16)19)25-22(29)30-14-15-6-2-1-3-7-15/h1-9,11-12,17,20,23,27H,10,13-14H2,(H,24,28)(H,25,29)/t17-,20+/m1/s1. The maximum absolute atomic E-state index is 12.7. The van der Waals surface area contributed by atoms with E-state index in [2.05, 4.69) is 15.6 Å². The Hall–Kier alpha value is -3.65. The number of benzene rings is 2. The van der Waals surface area contributed by atoms with Gasteiger partial charge >= 0.3 is 6.09 Å². The molecule has 8 heteroatoms. The Morgan fingerprint density at radius 3 is 2.53 bits per heavy atom. The number of para-hydroxylation sites is 1. The molecule has 0 spiro atoms. The Morgan fingerprint density at radius 2 is 1.80 bits per heavy atom. The summed E-state index contributed by atoms with van der Waals surface area (Å²) in [5.41, 5.74) is 2.53. The average molecular weight is 409 g/mol. The topological polar surface area (TPSA) is 121 Å². The van der Waals surface area contributed by atoms with Gasteiger partial charge < -0.3 is 30.3 Å². The van der Waals surface area contributed by atoms with Gasteiger partial charge in [0.1, 0.15) is 25.0 Å². The minimum Gasteiger partial charge on any atom is -0.445 e. The first-order chi connectivity index (χ1) is 14.6. The maximum atomic E-state index is 12.7. The molecule has 0 aliphatic rings. The maximum Gasteiger partial charge on any atom is 0.408 e. The highest BCUT2D eigenvalue weighted by molar-refractivity contribution is 5.89. The third-order valence-corrected chi connectivity index (χ3v) is 4.61. The minimum absolute atomic E-state index is 0.0572. The van der Waals surface area contributed by atoms with Crippen LogP contribution < -0.4 is 10.6 Å². The largest absolute Gasteiger partial charge is 0.445 e. The summed E-state index contributed by atoms with van der Waals surface area (Å²) in [6.45, 7) is -0.477. The summed E-state index contributed by atoms with van der Waals surface area (Å²) in [6.07, 6.45) is 1.62. The third-order valence-electron chi connectivity index (χ3n) is 4.61. The van der Waals surface area contributed by atoms with E-state index in [1.807, 2.05) is 54.6 Å². The van der Waals surface area contributed by atoms with Crippen molar-refractivity contribution in [3.63, 3.8) is 0 Å². The number of hydrogen-bond acceptors (Lipinski definition) is 5. The number of carbonyl (C=O) groups excluding carboxylic acids is 3. The van der Waals surface area contributed by atoms with Crippen molar-refractivity contribution < 1.29 is 24.2 Å². The van der Waals surface area contributed by atoms with Gasteiger partial charge in [-0.05, 0) is 17.2 Å². The molecule has 0 bridgehead atoms. The number of aliphatic hydroxyl groups excluding tert-OH is 1. The van der Waals surface area contributed by atoms with Crippen molar-refractivity contribution in [1.82, 2.24) is 15.6 Å². The van der Waals surface area contributed by atoms with Crippen LogP contribution in [0.25, 0.3) is 10.9 Å². The van der Waals surface area contributed by atoms with E-state index in [1.165, 1.54) is 0 Å². The van der Waals surface area contributed by atoms with Crippen molar-refractivity contribution >= 4 is 29.2 Å². The molecule has 156 valence electrons. The highest BCUT2D eigenvalue weighted by atomic mass is 16.5. The Bertz CT molecular complexity index is 1000. The third kappa shape index (κ3) is 5.45. The number of rotatable bonds is 9. The van der Waals surface area contributed by atoms with Crippen LogP contribution >= 0.6 is 0 Å². The van der Waals surface area contributed by atoms with Gasteiger partial charge in [0.05, 0.1) is 6.61 Å². The molecule has 8 nitrogen and oxygen atoms in total. The number of fused-ring (bicyclic) bond motifs is 1. The van der Waals surface area contributed by atoms with Crippen molar-refractivity contribution in [3.05, 3.63) is 71.9 Å². The number of alkyl carbamates (subject to hydrolysis) is 1. The molecule has 0 unspecified atom stereocenters. The lowest BCUT2D eigenvalue weighted by Gasteiger charge is -2.20. The minimum atomic E-state index is -1.05. The van der Waals surface area contributed by atoms with Crippen LogP contribution in [-0.4, -0.2) is 47.1 Å². The fourth-order valence-corrected chi connectivity index (χ4v) is 3.04. The molecule has 0 aliphatic carbocycles.